The maximum Gasteiger partial charge on any atom is 0.309 e. The lowest BCUT2D eigenvalue weighted by Gasteiger charge is -2.72. The molecule has 0 radical (unpaired) electrons. The summed E-state index contributed by atoms with van der Waals surface area (Å²) in [7, 11) is 0. The highest BCUT2D eigenvalue weighted by molar-refractivity contribution is 6.30. The van der Waals surface area contributed by atoms with Gasteiger partial charge in [0.2, 0.25) is 5.91 Å². The van der Waals surface area contributed by atoms with Gasteiger partial charge in [-0.15, -0.1) is 0 Å². The van der Waals surface area contributed by atoms with E-state index in [9.17, 15) is 34.2 Å². The number of Topliss-reactive ketones (excluding diaryl/α,β-unsaturated/α-hetero) is 1. The Balaban J connectivity index is 1.08. The second kappa shape index (κ2) is 15.5. The van der Waals surface area contributed by atoms with E-state index >= 15 is 0 Å². The van der Waals surface area contributed by atoms with Crippen LogP contribution in [-0.4, -0.2) is 65.0 Å². The van der Waals surface area contributed by atoms with Crippen LogP contribution in [0.3, 0.4) is 0 Å². The van der Waals surface area contributed by atoms with Crippen LogP contribution < -0.4 is 10.6 Å². The summed E-state index contributed by atoms with van der Waals surface area (Å²) in [6, 6.07) is 5.80. The number of carbonyl (C=O) groups is 5. The third-order valence-corrected chi connectivity index (χ3v) is 18.6. The molecular weight excluding hydrogens is 780 g/mol. The fraction of sp³-hybridized carbons (Fsp3) is 0.735. The molecule has 11 heteroatoms. The highest BCUT2D eigenvalue weighted by atomic mass is 35.5. The van der Waals surface area contributed by atoms with Crippen molar-refractivity contribution < 1.29 is 38.9 Å². The predicted octanol–water partition coefficient (Wildman–Crippen LogP) is 8.58. The number of carboxylic acids is 1. The van der Waals surface area contributed by atoms with Crippen molar-refractivity contribution in [3.05, 3.63) is 46.0 Å². The maximum atomic E-state index is 14.1. The number of ether oxygens (including phenoxy) is 1. The Labute approximate surface area is 361 Å². The van der Waals surface area contributed by atoms with Crippen LogP contribution in [-0.2, 0) is 23.9 Å². The number of fused-ring (bicyclic) bond motifs is 7. The van der Waals surface area contributed by atoms with Crippen molar-refractivity contribution in [1.29, 1.82) is 0 Å². The molecule has 0 aromatic heterocycles. The van der Waals surface area contributed by atoms with Crippen molar-refractivity contribution in [2.24, 2.45) is 68.0 Å². The van der Waals surface area contributed by atoms with Gasteiger partial charge in [0.1, 0.15) is 6.10 Å². The van der Waals surface area contributed by atoms with Crippen LogP contribution in [0, 0.1) is 68.0 Å². The summed E-state index contributed by atoms with van der Waals surface area (Å²) in [5.41, 5.74) is 1.06. The Hall–Kier alpha value is -3.24. The second-order valence-electron chi connectivity index (χ2n) is 22.1. The fourth-order valence-corrected chi connectivity index (χ4v) is 14.9. The van der Waals surface area contributed by atoms with E-state index in [0.717, 1.165) is 56.9 Å². The van der Waals surface area contributed by atoms with Gasteiger partial charge in [-0.3, -0.25) is 24.0 Å². The molecule has 0 saturated heterocycles. The van der Waals surface area contributed by atoms with Gasteiger partial charge in [0.25, 0.3) is 5.91 Å². The fourth-order valence-electron chi connectivity index (χ4n) is 14.7. The number of aliphatic hydroxyl groups is 1. The van der Waals surface area contributed by atoms with Crippen molar-refractivity contribution in [2.45, 2.75) is 145 Å². The number of esters is 1. The molecule has 0 aliphatic heterocycles. The quantitative estimate of drug-likeness (QED) is 0.161. The van der Waals surface area contributed by atoms with Crippen LogP contribution in [0.1, 0.15) is 143 Å². The zero-order valence-corrected chi connectivity index (χ0v) is 38.1. The number of carboxylic acid groups (broad SMARTS) is 1. The number of carbonyl (C=O) groups excluding carboxylic acids is 4. The van der Waals surface area contributed by atoms with Crippen molar-refractivity contribution in [3.63, 3.8) is 0 Å². The second-order valence-corrected chi connectivity index (χ2v) is 22.5. The molecule has 10 nitrogen and oxygen atoms in total. The Morgan fingerprint density at radius 1 is 0.850 bits per heavy atom. The number of hydrogen-bond donors (Lipinski definition) is 4. The Morgan fingerprint density at radius 2 is 1.53 bits per heavy atom. The SMILES string of the molecule is CC(C)C1=C2[C@H]3CC[C@@H]4[C@@]5(C)CCC(OC(=O)[C@H]6C[C@@H](C(=O)O)C6(C)C)C(C)(C)[C@@H]5CC[C@@]4(C)[C@]3(C)CC[C@@]2(CC(=O)NC[C@H](CO)NC(=O)c2ccc(Cl)cc2)CC1=O. The van der Waals surface area contributed by atoms with Gasteiger partial charge >= 0.3 is 11.9 Å². The number of allylic oxidation sites excluding steroid dienone is 2. The third-order valence-electron chi connectivity index (χ3n) is 18.3. The zero-order chi connectivity index (χ0) is 44.0. The normalized spacial score (nSPS) is 38.0. The van der Waals surface area contributed by atoms with E-state index < -0.39 is 34.7 Å². The van der Waals surface area contributed by atoms with Crippen LogP contribution >= 0.6 is 11.6 Å². The van der Waals surface area contributed by atoms with Gasteiger partial charge in [-0.2, -0.15) is 0 Å². The number of amides is 2. The topological polar surface area (TPSA) is 159 Å². The Kier molecular flexibility index (Phi) is 11.6. The zero-order valence-electron chi connectivity index (χ0n) is 37.3. The molecule has 60 heavy (non-hydrogen) atoms. The van der Waals surface area contributed by atoms with Crippen LogP contribution in [0.4, 0.5) is 0 Å². The van der Waals surface area contributed by atoms with Crippen molar-refractivity contribution in [2.75, 3.05) is 13.2 Å². The molecule has 6 aliphatic carbocycles. The highest BCUT2D eigenvalue weighted by Crippen LogP contribution is 2.77. The van der Waals surface area contributed by atoms with Gasteiger partial charge in [0, 0.05) is 40.8 Å². The monoisotopic (exact) mass is 848 g/mol. The minimum Gasteiger partial charge on any atom is -0.481 e. The molecule has 7 rings (SSSR count). The summed E-state index contributed by atoms with van der Waals surface area (Å²) in [4.78, 5) is 66.4. The number of rotatable bonds is 11. The van der Waals surface area contributed by atoms with Gasteiger partial charge in [-0.25, -0.2) is 0 Å². The van der Waals surface area contributed by atoms with Crippen LogP contribution in [0.2, 0.25) is 5.02 Å². The summed E-state index contributed by atoms with van der Waals surface area (Å²) in [6.07, 6.45) is 8.14. The molecule has 4 N–H and O–H groups in total. The van der Waals surface area contributed by atoms with Gasteiger partial charge < -0.3 is 25.6 Å². The first-order chi connectivity index (χ1) is 28.0. The molecule has 5 fully saturated rings. The number of hydrogen-bond acceptors (Lipinski definition) is 7. The van der Waals surface area contributed by atoms with Crippen LogP contribution in [0.15, 0.2) is 35.4 Å². The van der Waals surface area contributed by atoms with E-state index in [4.69, 9.17) is 16.3 Å². The minimum atomic E-state index is -0.848. The van der Waals surface area contributed by atoms with Crippen molar-refractivity contribution in [3.8, 4) is 0 Å². The van der Waals surface area contributed by atoms with Gasteiger partial charge in [-0.1, -0.05) is 79.5 Å². The smallest absolute Gasteiger partial charge is 0.309 e. The molecule has 1 aromatic rings. The van der Waals surface area contributed by atoms with Crippen LogP contribution in [0.5, 0.6) is 0 Å². The lowest BCUT2D eigenvalue weighted by Crippen LogP contribution is -2.66. The molecule has 0 spiro atoms. The van der Waals surface area contributed by atoms with Crippen molar-refractivity contribution >= 4 is 41.1 Å². The average Bonchev–Trinajstić information content (AvgIpc) is 3.45. The molecule has 5 saturated carbocycles. The van der Waals surface area contributed by atoms with E-state index in [0.29, 0.717) is 35.3 Å². The van der Waals surface area contributed by atoms with Gasteiger partial charge in [-0.05, 0) is 133 Å². The Morgan fingerprint density at radius 3 is 2.15 bits per heavy atom. The highest BCUT2D eigenvalue weighted by Gasteiger charge is 2.70. The van der Waals surface area contributed by atoms with E-state index in [1.165, 1.54) is 5.57 Å². The summed E-state index contributed by atoms with van der Waals surface area (Å²) in [5, 5.41) is 26.1. The average molecular weight is 850 g/mol. The molecule has 11 atom stereocenters. The number of ketones is 1. The lowest BCUT2D eigenvalue weighted by atomic mass is 9.33. The van der Waals surface area contributed by atoms with Crippen molar-refractivity contribution in [1.82, 2.24) is 10.6 Å². The first kappa shape index (κ1) is 44.8. The van der Waals surface area contributed by atoms with E-state index in [1.54, 1.807) is 24.3 Å². The standard InChI is InChI=1S/C49H69ClN2O8/c1-27(2)39-34(54)23-49(24-38(55)51-25-30(26-53)52-41(56)28-10-12-29(50)13-11-28)21-20-47(8)31(40(39)49)14-15-36-46(7)18-17-37(45(5,6)35(46)16-19-48(36,47)9)60-43(59)33-22-32(42(57)58)44(33,3)4/h10-13,27,30-33,35-37,53H,14-26H2,1-9H3,(H,51,55)(H,52,56)(H,57,58)/t30-,31-,32+,33-,35+,36-,37?,46+,47-,48-,49+/m1/s1. The number of benzene rings is 1. The van der Waals surface area contributed by atoms with E-state index in [2.05, 4.69) is 59.1 Å². The Bertz CT molecular complexity index is 1960. The molecule has 1 unspecified atom stereocenters. The molecular formula is C49H69ClN2O8. The summed E-state index contributed by atoms with van der Waals surface area (Å²) >= 11 is 5.99. The summed E-state index contributed by atoms with van der Waals surface area (Å²) < 4.78 is 6.41. The number of halogens is 1. The number of aliphatic carboxylic acids is 1. The molecule has 6 aliphatic rings. The van der Waals surface area contributed by atoms with Gasteiger partial charge in [0.15, 0.2) is 5.78 Å². The molecule has 0 bridgehead atoms. The van der Waals surface area contributed by atoms with Gasteiger partial charge in [0.05, 0.1) is 24.5 Å². The minimum absolute atomic E-state index is 0.00561. The number of nitrogens with one attached hydrogen (secondary N) is 2. The van der Waals surface area contributed by atoms with E-state index in [-0.39, 0.29) is 82.7 Å². The van der Waals surface area contributed by atoms with E-state index in [1.807, 2.05) is 13.8 Å². The van der Waals surface area contributed by atoms with Crippen LogP contribution in [0.25, 0.3) is 0 Å². The number of aliphatic hydroxyl groups excluding tert-OH is 1. The first-order valence-electron chi connectivity index (χ1n) is 22.6. The maximum absolute atomic E-state index is 14.1. The molecule has 2 amide bonds. The lowest BCUT2D eigenvalue weighted by molar-refractivity contribution is -0.236. The third kappa shape index (κ3) is 6.96. The predicted molar refractivity (Wildman–Crippen MR) is 230 cm³/mol. The molecule has 1 aromatic carbocycles. The summed E-state index contributed by atoms with van der Waals surface area (Å²) in [5.74, 6) is -1.40. The molecule has 0 heterocycles. The summed E-state index contributed by atoms with van der Waals surface area (Å²) in [6.45, 7) is 19.8. The largest absolute Gasteiger partial charge is 0.481 e. The first-order valence-corrected chi connectivity index (χ1v) is 23.0. The molecule has 330 valence electrons.